The zero-order valence-corrected chi connectivity index (χ0v) is 12.4. The lowest BCUT2D eigenvalue weighted by atomic mass is 9.63. The maximum absolute atomic E-state index is 14.0. The van der Waals surface area contributed by atoms with Crippen LogP contribution in [0.3, 0.4) is 0 Å². The van der Waals surface area contributed by atoms with Gasteiger partial charge in [0.2, 0.25) is 5.91 Å². The van der Waals surface area contributed by atoms with E-state index in [9.17, 15) is 22.8 Å². The maximum Gasteiger partial charge on any atom is 0.416 e. The van der Waals surface area contributed by atoms with Gasteiger partial charge in [-0.1, -0.05) is 18.6 Å². The van der Waals surface area contributed by atoms with Gasteiger partial charge < -0.3 is 10.1 Å². The van der Waals surface area contributed by atoms with Gasteiger partial charge in [0.25, 0.3) is 0 Å². The van der Waals surface area contributed by atoms with E-state index in [-0.39, 0.29) is 12.0 Å². The van der Waals surface area contributed by atoms with Crippen molar-refractivity contribution in [1.29, 1.82) is 0 Å². The normalized spacial score (nSPS) is 30.8. The monoisotopic (exact) mass is 327 g/mol. The van der Waals surface area contributed by atoms with Gasteiger partial charge in [0.1, 0.15) is 5.75 Å². The van der Waals surface area contributed by atoms with Crippen LogP contribution in [0.4, 0.5) is 13.2 Å². The average Bonchev–Trinajstić information content (AvgIpc) is 2.50. The number of piperidine rings is 1. The van der Waals surface area contributed by atoms with E-state index < -0.39 is 35.2 Å². The van der Waals surface area contributed by atoms with Crippen LogP contribution in [0.25, 0.3) is 0 Å². The minimum Gasteiger partial charge on any atom is -0.497 e. The van der Waals surface area contributed by atoms with Crippen LogP contribution in [-0.4, -0.2) is 25.0 Å². The number of Topliss-reactive ketones (excluding diaryl/α,β-unsaturated/α-hetero) is 1. The highest BCUT2D eigenvalue weighted by molar-refractivity contribution is 6.06. The van der Waals surface area contributed by atoms with Crippen LogP contribution in [-0.2, 0) is 15.1 Å². The van der Waals surface area contributed by atoms with Crippen molar-refractivity contribution < 1.29 is 27.5 Å². The van der Waals surface area contributed by atoms with E-state index in [1.165, 1.54) is 31.4 Å². The molecule has 1 amide bonds. The summed E-state index contributed by atoms with van der Waals surface area (Å²) in [6.07, 6.45) is -3.92. The Morgan fingerprint density at radius 1 is 1.17 bits per heavy atom. The summed E-state index contributed by atoms with van der Waals surface area (Å²) >= 11 is 0. The molecule has 2 fully saturated rings. The number of nitrogens with one attached hydrogen (secondary N) is 1. The molecular weight excluding hydrogens is 311 g/mol. The first kappa shape index (κ1) is 15.8. The zero-order valence-electron chi connectivity index (χ0n) is 12.4. The summed E-state index contributed by atoms with van der Waals surface area (Å²) < 4.78 is 47.0. The lowest BCUT2D eigenvalue weighted by molar-refractivity contribution is -0.227. The summed E-state index contributed by atoms with van der Waals surface area (Å²) in [6, 6.07) is 5.31. The van der Waals surface area contributed by atoms with Crippen molar-refractivity contribution in [3.63, 3.8) is 0 Å². The van der Waals surface area contributed by atoms with E-state index in [1.54, 1.807) is 0 Å². The van der Waals surface area contributed by atoms with E-state index >= 15 is 0 Å². The van der Waals surface area contributed by atoms with E-state index in [1.807, 2.05) is 0 Å². The number of halogens is 3. The number of fused-ring (bicyclic) bond motifs is 2. The van der Waals surface area contributed by atoms with Crippen molar-refractivity contribution in [2.24, 2.45) is 11.8 Å². The first-order chi connectivity index (χ1) is 10.8. The predicted molar refractivity (Wildman–Crippen MR) is 74.7 cm³/mol. The number of methoxy groups -OCH3 is 1. The molecule has 2 aliphatic rings. The van der Waals surface area contributed by atoms with Gasteiger partial charge in [0.15, 0.2) is 11.3 Å². The molecule has 4 nitrogen and oxygen atoms in total. The van der Waals surface area contributed by atoms with Crippen LogP contribution in [0.1, 0.15) is 24.8 Å². The van der Waals surface area contributed by atoms with E-state index in [2.05, 4.69) is 5.32 Å². The number of ether oxygens (including phenoxy) is 1. The van der Waals surface area contributed by atoms with Crippen molar-refractivity contribution in [3.05, 3.63) is 29.8 Å². The highest BCUT2D eigenvalue weighted by atomic mass is 19.4. The van der Waals surface area contributed by atoms with Gasteiger partial charge in [-0.3, -0.25) is 9.59 Å². The summed E-state index contributed by atoms with van der Waals surface area (Å²) in [5.74, 6) is -3.27. The summed E-state index contributed by atoms with van der Waals surface area (Å²) in [7, 11) is 1.41. The predicted octanol–water partition coefficient (Wildman–Crippen LogP) is 2.57. The Kier molecular flexibility index (Phi) is 3.61. The minimum absolute atomic E-state index is 0.112. The smallest absolute Gasteiger partial charge is 0.416 e. The lowest BCUT2D eigenvalue weighted by Gasteiger charge is -2.49. The van der Waals surface area contributed by atoms with Gasteiger partial charge in [-0.05, 0) is 30.5 Å². The molecule has 0 unspecified atom stereocenters. The number of hydrogen-bond acceptors (Lipinski definition) is 3. The summed E-state index contributed by atoms with van der Waals surface area (Å²) in [4.78, 5) is 24.5. The molecule has 1 heterocycles. The van der Waals surface area contributed by atoms with Crippen molar-refractivity contribution in [1.82, 2.24) is 5.32 Å². The third-order valence-electron chi connectivity index (χ3n) is 4.82. The minimum atomic E-state index is -4.78. The number of rotatable bonds is 2. The second kappa shape index (κ2) is 5.25. The summed E-state index contributed by atoms with van der Waals surface area (Å²) in [6.45, 7) is 0. The van der Waals surface area contributed by atoms with Gasteiger partial charge >= 0.3 is 6.18 Å². The Morgan fingerprint density at radius 2 is 1.83 bits per heavy atom. The van der Waals surface area contributed by atoms with Crippen LogP contribution in [0.5, 0.6) is 5.75 Å². The highest BCUT2D eigenvalue weighted by Crippen LogP contribution is 2.51. The third-order valence-corrected chi connectivity index (χ3v) is 4.82. The Labute approximate surface area is 131 Å². The molecule has 2 bridgehead atoms. The number of carbonyl (C=O) groups is 2. The molecule has 7 heteroatoms. The topological polar surface area (TPSA) is 55.4 Å². The van der Waals surface area contributed by atoms with Gasteiger partial charge in [0.05, 0.1) is 18.9 Å². The number of benzene rings is 1. The van der Waals surface area contributed by atoms with E-state index in [0.717, 1.165) is 0 Å². The van der Waals surface area contributed by atoms with Crippen molar-refractivity contribution in [3.8, 4) is 5.75 Å². The fourth-order valence-electron chi connectivity index (χ4n) is 3.67. The third kappa shape index (κ3) is 2.21. The van der Waals surface area contributed by atoms with Gasteiger partial charge in [-0.15, -0.1) is 0 Å². The van der Waals surface area contributed by atoms with Gasteiger partial charge in [0, 0.05) is 0 Å². The van der Waals surface area contributed by atoms with Crippen LogP contribution >= 0.6 is 0 Å². The molecule has 1 saturated heterocycles. The second-order valence-corrected chi connectivity index (χ2v) is 5.96. The first-order valence-electron chi connectivity index (χ1n) is 7.38. The first-order valence-corrected chi connectivity index (χ1v) is 7.38. The molecular formula is C16H16F3NO3. The number of carbonyl (C=O) groups excluding carboxylic acids is 2. The van der Waals surface area contributed by atoms with E-state index in [0.29, 0.717) is 18.6 Å². The number of amides is 1. The van der Waals surface area contributed by atoms with Crippen LogP contribution in [0.2, 0.25) is 0 Å². The molecule has 0 spiro atoms. The van der Waals surface area contributed by atoms with Crippen LogP contribution in [0.15, 0.2) is 24.3 Å². The molecule has 1 aliphatic carbocycles. The molecule has 1 saturated carbocycles. The molecule has 1 N–H and O–H groups in total. The van der Waals surface area contributed by atoms with Crippen molar-refractivity contribution in [2.75, 3.05) is 7.11 Å². The van der Waals surface area contributed by atoms with Crippen LogP contribution < -0.4 is 10.1 Å². The standard InChI is InChI=1S/C16H16F3NO3/c1-23-10-7-5-9(6-8-10)15(16(17,18)19)12-4-2-3-11(13(12)21)14(22)20-15/h5-8,11-12H,2-4H2,1H3,(H,20,22)/t11-,12+,15-/m0/s1. The number of hydrogen-bond donors (Lipinski definition) is 1. The molecule has 1 aromatic carbocycles. The second-order valence-electron chi connectivity index (χ2n) is 5.96. The zero-order chi connectivity index (χ0) is 16.8. The Morgan fingerprint density at radius 3 is 2.39 bits per heavy atom. The van der Waals surface area contributed by atoms with Gasteiger partial charge in [-0.25, -0.2) is 0 Å². The number of ketones is 1. The Bertz CT molecular complexity index is 641. The molecule has 124 valence electrons. The molecule has 1 aliphatic heterocycles. The molecule has 1 aromatic rings. The van der Waals surface area contributed by atoms with E-state index in [4.69, 9.17) is 4.74 Å². The lowest BCUT2D eigenvalue weighted by Crippen LogP contribution is -2.69. The molecule has 3 atom stereocenters. The Hall–Kier alpha value is -2.05. The molecule has 0 aromatic heterocycles. The maximum atomic E-state index is 14.0. The van der Waals surface area contributed by atoms with Crippen LogP contribution in [0, 0.1) is 11.8 Å². The summed E-state index contributed by atoms with van der Waals surface area (Å²) in [5, 5.41) is 2.13. The highest BCUT2D eigenvalue weighted by Gasteiger charge is 2.67. The molecule has 3 rings (SSSR count). The summed E-state index contributed by atoms with van der Waals surface area (Å²) in [5.41, 5.74) is -2.80. The largest absolute Gasteiger partial charge is 0.497 e. The SMILES string of the molecule is COc1ccc([C@]2(C(F)(F)F)NC(=O)[C@H]3CCC[C@@H]2C3=O)cc1. The molecule has 23 heavy (non-hydrogen) atoms. The fraction of sp³-hybridized carbons (Fsp3) is 0.500. The Balaban J connectivity index is 2.16. The number of alkyl halides is 3. The quantitative estimate of drug-likeness (QED) is 0.850. The molecule has 0 radical (unpaired) electrons. The van der Waals surface area contributed by atoms with Gasteiger partial charge in [-0.2, -0.15) is 13.2 Å². The fourth-order valence-corrected chi connectivity index (χ4v) is 3.67. The van der Waals surface area contributed by atoms with Crippen molar-refractivity contribution >= 4 is 11.7 Å². The average molecular weight is 327 g/mol. The van der Waals surface area contributed by atoms with Crippen molar-refractivity contribution in [2.45, 2.75) is 31.0 Å².